The third-order valence-electron chi connectivity index (χ3n) is 3.96. The Kier molecular flexibility index (Phi) is 4.60. The van der Waals surface area contributed by atoms with Gasteiger partial charge in [0.05, 0.1) is 0 Å². The summed E-state index contributed by atoms with van der Waals surface area (Å²) in [6, 6.07) is 2.87. The van der Waals surface area contributed by atoms with E-state index in [4.69, 9.17) is 0 Å². The second kappa shape index (κ2) is 6.12. The van der Waals surface area contributed by atoms with Crippen LogP contribution in [-0.2, 0) is 14.6 Å². The highest BCUT2D eigenvalue weighted by molar-refractivity contribution is 7.92. The number of carbonyl (C=O) groups excluding carboxylic acids is 1. The van der Waals surface area contributed by atoms with Crippen LogP contribution in [0.5, 0.6) is 0 Å². The zero-order valence-corrected chi connectivity index (χ0v) is 12.8. The van der Waals surface area contributed by atoms with E-state index in [1.807, 2.05) is 0 Å². The number of benzene rings is 1. The van der Waals surface area contributed by atoms with E-state index in [0.29, 0.717) is 12.4 Å². The third-order valence-corrected chi connectivity index (χ3v) is 5.93. The smallest absolute Gasteiger partial charge is 0.157 e. The summed E-state index contributed by atoms with van der Waals surface area (Å²) < 4.78 is 50.4. The predicted molar refractivity (Wildman–Crippen MR) is 80.3 cm³/mol. The number of hydrogen-bond donors (Lipinski definition) is 0. The normalized spacial score (nSPS) is 22.5. The van der Waals surface area contributed by atoms with E-state index in [9.17, 15) is 22.0 Å². The van der Waals surface area contributed by atoms with Crippen LogP contribution in [0.4, 0.5) is 8.78 Å². The van der Waals surface area contributed by atoms with Gasteiger partial charge in [-0.25, -0.2) is 17.2 Å². The highest BCUT2D eigenvalue weighted by atomic mass is 32.2. The molecular formula is C16H16F2O3S. The van der Waals surface area contributed by atoms with Crippen LogP contribution in [0, 0.1) is 11.6 Å². The van der Waals surface area contributed by atoms with Crippen molar-refractivity contribution in [2.45, 2.75) is 23.5 Å². The summed E-state index contributed by atoms with van der Waals surface area (Å²) in [4.78, 5) is 11.0. The molecule has 0 amide bonds. The summed E-state index contributed by atoms with van der Waals surface area (Å²) in [7, 11) is -3.62. The summed E-state index contributed by atoms with van der Waals surface area (Å²) in [5.74, 6) is -2.46. The van der Waals surface area contributed by atoms with Gasteiger partial charge in [-0.05, 0) is 24.1 Å². The molecule has 1 aromatic rings. The summed E-state index contributed by atoms with van der Waals surface area (Å²) in [5.41, 5.74) is 0.162. The Morgan fingerprint density at radius 3 is 2.32 bits per heavy atom. The van der Waals surface area contributed by atoms with Gasteiger partial charge in [-0.1, -0.05) is 24.3 Å². The van der Waals surface area contributed by atoms with Gasteiger partial charge in [0.15, 0.2) is 9.84 Å². The highest BCUT2D eigenvalue weighted by Crippen LogP contribution is 2.42. The lowest BCUT2D eigenvalue weighted by atomic mass is 9.79. The fraction of sp³-hybridized carbons (Fsp3) is 0.312. The van der Waals surface area contributed by atoms with Gasteiger partial charge in [0, 0.05) is 24.7 Å². The monoisotopic (exact) mass is 326 g/mol. The van der Waals surface area contributed by atoms with E-state index in [-0.39, 0.29) is 18.4 Å². The molecule has 0 aromatic heterocycles. The van der Waals surface area contributed by atoms with E-state index in [2.05, 4.69) is 0 Å². The van der Waals surface area contributed by atoms with Gasteiger partial charge < -0.3 is 4.79 Å². The van der Waals surface area contributed by atoms with Crippen molar-refractivity contribution in [2.24, 2.45) is 0 Å². The molecule has 2 rings (SSSR count). The minimum absolute atomic E-state index is 0.145. The highest BCUT2D eigenvalue weighted by Gasteiger charge is 2.46. The Hall–Kier alpha value is -1.82. The molecule has 0 spiro atoms. The quantitative estimate of drug-likeness (QED) is 0.782. The molecule has 1 aromatic carbocycles. The Morgan fingerprint density at radius 1 is 1.23 bits per heavy atom. The number of allylic oxidation sites excluding steroid dienone is 3. The van der Waals surface area contributed by atoms with Crippen molar-refractivity contribution in [1.29, 1.82) is 0 Å². The lowest BCUT2D eigenvalue weighted by Gasteiger charge is -2.37. The topological polar surface area (TPSA) is 51.2 Å². The van der Waals surface area contributed by atoms with Crippen LogP contribution in [0.2, 0.25) is 0 Å². The third kappa shape index (κ3) is 3.02. The lowest BCUT2D eigenvalue weighted by Crippen LogP contribution is -2.43. The number of rotatable bonds is 5. The molecule has 0 fully saturated rings. The van der Waals surface area contributed by atoms with Crippen LogP contribution in [-0.4, -0.2) is 25.7 Å². The first kappa shape index (κ1) is 16.5. The van der Waals surface area contributed by atoms with Gasteiger partial charge >= 0.3 is 0 Å². The Bertz CT molecular complexity index is 718. The van der Waals surface area contributed by atoms with Gasteiger partial charge in [-0.3, -0.25) is 0 Å². The Morgan fingerprint density at radius 2 is 1.86 bits per heavy atom. The number of sulfone groups is 1. The average molecular weight is 326 g/mol. The van der Waals surface area contributed by atoms with E-state index >= 15 is 0 Å². The standard InChI is InChI=1S/C16H16F2O3S/c1-22(20,21)16(6-3-2-4-7-16)15(5-8-19)12-9-13(17)11-14(18)10-12/h2-4,6,8-11,15H,5,7H2,1H3/t15-,16?/m1/s1. The largest absolute Gasteiger partial charge is 0.303 e. The number of hydrogen-bond acceptors (Lipinski definition) is 3. The molecule has 1 unspecified atom stereocenters. The molecular weight excluding hydrogens is 310 g/mol. The van der Waals surface area contributed by atoms with E-state index in [0.717, 1.165) is 18.4 Å². The van der Waals surface area contributed by atoms with Crippen molar-refractivity contribution in [2.75, 3.05) is 6.26 Å². The zero-order chi connectivity index (χ0) is 16.4. The van der Waals surface area contributed by atoms with Crippen LogP contribution < -0.4 is 0 Å². The first-order valence-corrected chi connectivity index (χ1v) is 8.63. The van der Waals surface area contributed by atoms with Gasteiger partial charge in [0.1, 0.15) is 22.7 Å². The van der Waals surface area contributed by atoms with Crippen molar-refractivity contribution in [1.82, 2.24) is 0 Å². The van der Waals surface area contributed by atoms with Crippen LogP contribution in [0.25, 0.3) is 0 Å². The fourth-order valence-electron chi connectivity index (χ4n) is 2.90. The van der Waals surface area contributed by atoms with Crippen LogP contribution >= 0.6 is 0 Å². The maximum Gasteiger partial charge on any atom is 0.157 e. The van der Waals surface area contributed by atoms with Crippen LogP contribution in [0.3, 0.4) is 0 Å². The van der Waals surface area contributed by atoms with Crippen molar-refractivity contribution in [3.63, 3.8) is 0 Å². The molecule has 3 nitrogen and oxygen atoms in total. The summed E-state index contributed by atoms with van der Waals surface area (Å²) >= 11 is 0. The van der Waals surface area contributed by atoms with Gasteiger partial charge in [-0.15, -0.1) is 0 Å². The van der Waals surface area contributed by atoms with E-state index < -0.39 is 32.1 Å². The Labute approximate surface area is 128 Å². The SMILES string of the molecule is CS(=O)(=O)C1([C@H](CC=O)c2cc(F)cc(F)c2)C=CC=CC1. The molecule has 0 saturated carbocycles. The second-order valence-corrected chi connectivity index (χ2v) is 7.68. The number of halogens is 2. The van der Waals surface area contributed by atoms with E-state index in [1.165, 1.54) is 6.08 Å². The van der Waals surface area contributed by atoms with Crippen molar-refractivity contribution in [3.8, 4) is 0 Å². The molecule has 0 aliphatic heterocycles. The molecule has 118 valence electrons. The zero-order valence-electron chi connectivity index (χ0n) is 12.0. The maximum atomic E-state index is 13.5. The molecule has 2 atom stereocenters. The summed E-state index contributed by atoms with van der Waals surface area (Å²) in [5, 5.41) is 0. The molecule has 1 aliphatic carbocycles. The first-order valence-electron chi connectivity index (χ1n) is 6.74. The van der Waals surface area contributed by atoms with Crippen molar-refractivity contribution in [3.05, 3.63) is 59.7 Å². The van der Waals surface area contributed by atoms with Gasteiger partial charge in [0.2, 0.25) is 0 Å². The molecule has 22 heavy (non-hydrogen) atoms. The molecule has 0 saturated heterocycles. The molecule has 0 heterocycles. The number of aldehydes is 1. The van der Waals surface area contributed by atoms with Gasteiger partial charge in [0.25, 0.3) is 0 Å². The minimum Gasteiger partial charge on any atom is -0.303 e. The number of carbonyl (C=O) groups is 1. The van der Waals surface area contributed by atoms with Crippen LogP contribution in [0.15, 0.2) is 42.5 Å². The molecule has 0 N–H and O–H groups in total. The summed E-state index contributed by atoms with van der Waals surface area (Å²) in [6.07, 6.45) is 8.11. The summed E-state index contributed by atoms with van der Waals surface area (Å²) in [6.45, 7) is 0. The minimum atomic E-state index is -3.62. The second-order valence-electron chi connectivity index (χ2n) is 5.38. The molecule has 0 bridgehead atoms. The lowest BCUT2D eigenvalue weighted by molar-refractivity contribution is -0.108. The molecule has 1 aliphatic rings. The molecule has 0 radical (unpaired) electrons. The van der Waals surface area contributed by atoms with E-state index in [1.54, 1.807) is 18.2 Å². The Balaban J connectivity index is 2.65. The fourth-order valence-corrected chi connectivity index (χ4v) is 4.37. The van der Waals surface area contributed by atoms with Crippen molar-refractivity contribution < 1.29 is 22.0 Å². The van der Waals surface area contributed by atoms with Crippen LogP contribution in [0.1, 0.15) is 24.3 Å². The average Bonchev–Trinajstić information content (AvgIpc) is 2.43. The molecule has 6 heteroatoms. The predicted octanol–water partition coefficient (Wildman–Crippen LogP) is 2.94. The van der Waals surface area contributed by atoms with Gasteiger partial charge in [-0.2, -0.15) is 0 Å². The maximum absolute atomic E-state index is 13.5. The first-order chi connectivity index (χ1) is 10.3. The van der Waals surface area contributed by atoms with Crippen molar-refractivity contribution >= 4 is 16.1 Å².